The Morgan fingerprint density at radius 2 is 1.55 bits per heavy atom. The van der Waals surface area contributed by atoms with Crippen molar-refractivity contribution in [3.05, 3.63) is 77.0 Å². The number of carbonyl (C=O) groups is 1. The van der Waals surface area contributed by atoms with Crippen molar-refractivity contribution in [2.24, 2.45) is 0 Å². The fourth-order valence-corrected chi connectivity index (χ4v) is 9.64. The molecule has 1 heterocycles. The Hall–Kier alpha value is -2.46. The van der Waals surface area contributed by atoms with E-state index in [2.05, 4.69) is 97.4 Å². The Kier molecular flexibility index (Phi) is 10.8. The number of benzene rings is 2. The van der Waals surface area contributed by atoms with Crippen molar-refractivity contribution in [1.29, 1.82) is 0 Å². The molecule has 0 saturated carbocycles. The number of rotatable bonds is 11. The van der Waals surface area contributed by atoms with E-state index in [1.165, 1.54) is 10.4 Å². The van der Waals surface area contributed by atoms with E-state index < -0.39 is 13.9 Å². The van der Waals surface area contributed by atoms with Gasteiger partial charge in [0.05, 0.1) is 36.9 Å². The fraction of sp³-hybridized carbons (Fsp3) is 0.484. The summed E-state index contributed by atoms with van der Waals surface area (Å²) in [4.78, 5) is 13.9. The summed E-state index contributed by atoms with van der Waals surface area (Å²) in [6, 6.07) is 21.1. The van der Waals surface area contributed by atoms with Gasteiger partial charge in [-0.15, -0.1) is 0 Å². The van der Waals surface area contributed by atoms with Gasteiger partial charge in [0.2, 0.25) is 0 Å². The van der Waals surface area contributed by atoms with Gasteiger partial charge < -0.3 is 18.8 Å². The maximum absolute atomic E-state index is 12.3. The zero-order valence-corrected chi connectivity index (χ0v) is 27.7. The predicted molar refractivity (Wildman–Crippen MR) is 167 cm³/mol. The minimum atomic E-state index is -2.60. The molecular formula is C31H44BrN3O4Si. The zero-order valence-electron chi connectivity index (χ0n) is 25.1. The summed E-state index contributed by atoms with van der Waals surface area (Å²) in [6.07, 6.45) is 1.60. The second-order valence-electron chi connectivity index (χ2n) is 12.2. The lowest BCUT2D eigenvalue weighted by Gasteiger charge is -2.43. The van der Waals surface area contributed by atoms with Crippen LogP contribution in [0.5, 0.6) is 0 Å². The van der Waals surface area contributed by atoms with Crippen molar-refractivity contribution in [2.75, 3.05) is 20.3 Å². The number of hydrogen-bond acceptors (Lipinski definition) is 5. The molecule has 9 heteroatoms. The summed E-state index contributed by atoms with van der Waals surface area (Å²) in [7, 11) is -0.878. The molecule has 7 nitrogen and oxygen atoms in total. The molecule has 0 saturated heterocycles. The lowest BCUT2D eigenvalue weighted by atomic mass is 10.2. The van der Waals surface area contributed by atoms with Crippen molar-refractivity contribution in [3.8, 4) is 0 Å². The number of likely N-dealkylation sites (N-methyl/N-ethyl adjacent to an activating group) is 1. The number of hydrogen-bond donors (Lipinski definition) is 0. The molecule has 0 radical (unpaired) electrons. The molecule has 40 heavy (non-hydrogen) atoms. The molecule has 1 amide bonds. The van der Waals surface area contributed by atoms with Gasteiger partial charge in [-0.05, 0) is 59.0 Å². The summed E-state index contributed by atoms with van der Waals surface area (Å²) in [5.41, 5.74) is 0.266. The van der Waals surface area contributed by atoms with Gasteiger partial charge in [-0.1, -0.05) is 81.4 Å². The standard InChI is InChI=1S/C31H44BrN3O4Si/c1-24(34(8)29(36)39-30(2,3)4)22-37-23-28-27(32)21-35(33-28)19-20-38-40(31(5,6)7,25-15-11-9-12-16-25)26-17-13-10-14-18-26/h9-18,21,24H,19-20,22-23H2,1-8H3/t24-/m1/s1. The van der Waals surface area contributed by atoms with Crippen molar-refractivity contribution < 1.29 is 18.7 Å². The summed E-state index contributed by atoms with van der Waals surface area (Å²) in [6.45, 7) is 16.2. The summed E-state index contributed by atoms with van der Waals surface area (Å²) in [5, 5.41) is 7.17. The molecule has 0 bridgehead atoms. The second-order valence-corrected chi connectivity index (χ2v) is 17.3. The fourth-order valence-electron chi connectivity index (χ4n) is 4.66. The molecule has 0 N–H and O–H groups in total. The highest BCUT2D eigenvalue weighted by Crippen LogP contribution is 2.36. The van der Waals surface area contributed by atoms with Crippen LogP contribution in [-0.4, -0.2) is 61.0 Å². The van der Waals surface area contributed by atoms with E-state index in [1.807, 2.05) is 38.6 Å². The van der Waals surface area contributed by atoms with E-state index in [9.17, 15) is 4.79 Å². The van der Waals surface area contributed by atoms with Crippen molar-refractivity contribution in [3.63, 3.8) is 0 Å². The van der Waals surface area contributed by atoms with E-state index in [0.29, 0.717) is 26.4 Å². The van der Waals surface area contributed by atoms with Gasteiger partial charge in [-0.25, -0.2) is 4.79 Å². The minimum Gasteiger partial charge on any atom is -0.444 e. The Bertz CT molecular complexity index is 1180. The third-order valence-corrected chi connectivity index (χ3v) is 12.5. The van der Waals surface area contributed by atoms with Gasteiger partial charge in [-0.3, -0.25) is 4.68 Å². The Morgan fingerprint density at radius 3 is 2.05 bits per heavy atom. The molecular weight excluding hydrogens is 586 g/mol. The molecule has 1 atom stereocenters. The topological polar surface area (TPSA) is 65.8 Å². The number of amides is 1. The highest BCUT2D eigenvalue weighted by atomic mass is 79.9. The molecule has 0 aliphatic heterocycles. The first kappa shape index (κ1) is 32.1. The summed E-state index contributed by atoms with van der Waals surface area (Å²) in [5.74, 6) is 0. The number of carbonyl (C=O) groups excluding carboxylic acids is 1. The van der Waals surface area contributed by atoms with Gasteiger partial charge in [0.1, 0.15) is 11.3 Å². The largest absolute Gasteiger partial charge is 0.444 e. The van der Waals surface area contributed by atoms with Gasteiger partial charge in [-0.2, -0.15) is 5.10 Å². The maximum Gasteiger partial charge on any atom is 0.410 e. The van der Waals surface area contributed by atoms with E-state index in [4.69, 9.17) is 19.0 Å². The Balaban J connectivity index is 1.65. The van der Waals surface area contributed by atoms with Crippen molar-refractivity contribution in [1.82, 2.24) is 14.7 Å². The second kappa shape index (κ2) is 13.5. The molecule has 1 aromatic heterocycles. The van der Waals surface area contributed by atoms with E-state index in [0.717, 1.165) is 10.2 Å². The maximum atomic E-state index is 12.3. The monoisotopic (exact) mass is 629 g/mol. The third kappa shape index (κ3) is 8.06. The van der Waals surface area contributed by atoms with Crippen LogP contribution >= 0.6 is 15.9 Å². The van der Waals surface area contributed by atoms with Crippen molar-refractivity contribution >= 4 is 40.7 Å². The quantitative estimate of drug-likeness (QED) is 0.244. The van der Waals surface area contributed by atoms with Crippen LogP contribution in [0.15, 0.2) is 71.3 Å². The van der Waals surface area contributed by atoms with E-state index >= 15 is 0 Å². The smallest absolute Gasteiger partial charge is 0.410 e. The number of halogens is 1. The van der Waals surface area contributed by atoms with Crippen LogP contribution in [0, 0.1) is 0 Å². The van der Waals surface area contributed by atoms with Crippen molar-refractivity contribution in [2.45, 2.75) is 78.3 Å². The molecule has 0 aliphatic carbocycles. The molecule has 2 aromatic carbocycles. The Morgan fingerprint density at radius 1 is 1.00 bits per heavy atom. The molecule has 0 spiro atoms. The minimum absolute atomic E-state index is 0.0808. The summed E-state index contributed by atoms with van der Waals surface area (Å²) >= 11 is 3.63. The zero-order chi connectivity index (χ0) is 29.6. The Labute approximate surface area is 249 Å². The molecule has 0 fully saturated rings. The van der Waals surface area contributed by atoms with Crippen LogP contribution in [0.2, 0.25) is 5.04 Å². The lowest BCUT2D eigenvalue weighted by molar-refractivity contribution is 0.00882. The average Bonchev–Trinajstić information content (AvgIpc) is 3.24. The molecule has 0 unspecified atom stereocenters. The van der Waals surface area contributed by atoms with E-state index in [-0.39, 0.29) is 17.2 Å². The van der Waals surface area contributed by atoms with Crippen LogP contribution in [0.1, 0.15) is 54.2 Å². The summed E-state index contributed by atoms with van der Waals surface area (Å²) < 4.78 is 21.1. The average molecular weight is 631 g/mol. The lowest BCUT2D eigenvalue weighted by Crippen LogP contribution is -2.66. The third-order valence-electron chi connectivity index (χ3n) is 6.78. The van der Waals surface area contributed by atoms with Gasteiger partial charge in [0, 0.05) is 13.2 Å². The SMILES string of the molecule is C[C@H](COCc1nn(CCO[Si](c2ccccc2)(c2ccccc2)C(C)(C)C)cc1Br)N(C)C(=O)OC(C)(C)C. The van der Waals surface area contributed by atoms with E-state index in [1.54, 1.807) is 11.9 Å². The van der Waals surface area contributed by atoms with Gasteiger partial charge >= 0.3 is 6.09 Å². The van der Waals surface area contributed by atoms with Crippen LogP contribution in [0.3, 0.4) is 0 Å². The first-order chi connectivity index (χ1) is 18.7. The number of ether oxygens (including phenoxy) is 2. The first-order valence-electron chi connectivity index (χ1n) is 13.7. The van der Waals surface area contributed by atoms with Gasteiger partial charge in [0.25, 0.3) is 8.32 Å². The number of aromatic nitrogens is 2. The number of nitrogens with zero attached hydrogens (tertiary/aromatic N) is 3. The molecule has 0 aliphatic rings. The molecule has 218 valence electrons. The first-order valence-corrected chi connectivity index (χ1v) is 16.4. The highest BCUT2D eigenvalue weighted by molar-refractivity contribution is 9.10. The molecule has 3 aromatic rings. The predicted octanol–water partition coefficient (Wildman–Crippen LogP) is 5.99. The molecule has 3 rings (SSSR count). The van der Waals surface area contributed by atoms with Crippen LogP contribution < -0.4 is 10.4 Å². The normalized spacial score (nSPS) is 13.2. The highest BCUT2D eigenvalue weighted by Gasteiger charge is 2.50. The van der Waals surface area contributed by atoms with Crippen LogP contribution in [0.25, 0.3) is 0 Å². The van der Waals surface area contributed by atoms with Crippen LogP contribution in [-0.2, 0) is 27.1 Å². The van der Waals surface area contributed by atoms with Gasteiger partial charge in [0.15, 0.2) is 0 Å². The van der Waals surface area contributed by atoms with Crippen LogP contribution in [0.4, 0.5) is 4.79 Å².